The Kier molecular flexibility index (Phi) is 4.52. The van der Waals surface area contributed by atoms with Crippen molar-refractivity contribution in [3.8, 4) is 10.4 Å². The predicted molar refractivity (Wildman–Crippen MR) is 109 cm³/mol. The molecule has 0 saturated carbocycles. The zero-order valence-corrected chi connectivity index (χ0v) is 17.2. The van der Waals surface area contributed by atoms with Crippen LogP contribution in [0.15, 0.2) is 33.8 Å². The Morgan fingerprint density at radius 3 is 2.56 bits per heavy atom. The van der Waals surface area contributed by atoms with Gasteiger partial charge in [0.1, 0.15) is 11.8 Å². The van der Waals surface area contributed by atoms with Gasteiger partial charge in [0, 0.05) is 32.3 Å². The first-order chi connectivity index (χ1) is 12.9. The lowest BCUT2D eigenvalue weighted by molar-refractivity contribution is -0.117. The Morgan fingerprint density at radius 2 is 1.89 bits per heavy atom. The van der Waals surface area contributed by atoms with E-state index in [9.17, 15) is 4.79 Å². The first-order valence-electron chi connectivity index (χ1n) is 8.77. The van der Waals surface area contributed by atoms with E-state index in [1.807, 2.05) is 31.2 Å². The second-order valence-corrected chi connectivity index (χ2v) is 8.56. The first-order valence-corrected chi connectivity index (χ1v) is 9.96. The normalized spacial score (nSPS) is 15.7. The van der Waals surface area contributed by atoms with E-state index in [0.717, 1.165) is 33.0 Å². The van der Waals surface area contributed by atoms with Gasteiger partial charge in [0.25, 0.3) is 0 Å². The quantitative estimate of drug-likeness (QED) is 0.555. The van der Waals surface area contributed by atoms with Gasteiger partial charge in [-0.05, 0) is 45.4 Å². The number of aromatic nitrogens is 1. The number of rotatable bonds is 3. The van der Waals surface area contributed by atoms with Gasteiger partial charge in [-0.1, -0.05) is 28.9 Å². The summed E-state index contributed by atoms with van der Waals surface area (Å²) in [5.74, 6) is 0.742. The molecule has 1 aromatic carbocycles. The zero-order valence-electron chi connectivity index (χ0n) is 15.6. The summed E-state index contributed by atoms with van der Waals surface area (Å²) in [5.41, 5.74) is 5.95. The standard InChI is InChI=1S/C21H19ClN2O2S/c1-10(25)9-16-20-18(12(3)24-26-20)21-17(11(2)13(4)27-21)19(23-16)14-5-7-15(22)8-6-14/h5-8,16H,9H2,1-4H3/t16-/m0/s1. The third-order valence-electron chi connectivity index (χ3n) is 4.92. The lowest BCUT2D eigenvalue weighted by Crippen LogP contribution is -2.08. The lowest BCUT2D eigenvalue weighted by atomic mass is 9.96. The fraction of sp³-hybridized carbons (Fsp3) is 0.286. The van der Waals surface area contributed by atoms with Crippen molar-refractivity contribution in [1.82, 2.24) is 5.16 Å². The molecule has 138 valence electrons. The number of benzene rings is 1. The van der Waals surface area contributed by atoms with Crippen molar-refractivity contribution < 1.29 is 9.32 Å². The second-order valence-electron chi connectivity index (χ2n) is 6.90. The van der Waals surface area contributed by atoms with Gasteiger partial charge in [0.2, 0.25) is 0 Å². The van der Waals surface area contributed by atoms with Crippen molar-refractivity contribution in [3.05, 3.63) is 62.3 Å². The van der Waals surface area contributed by atoms with Crippen LogP contribution in [0, 0.1) is 20.8 Å². The number of aryl methyl sites for hydroxylation is 2. The van der Waals surface area contributed by atoms with E-state index in [2.05, 4.69) is 19.0 Å². The highest BCUT2D eigenvalue weighted by molar-refractivity contribution is 7.16. The minimum atomic E-state index is -0.385. The molecule has 1 atom stereocenters. The van der Waals surface area contributed by atoms with E-state index >= 15 is 0 Å². The zero-order chi connectivity index (χ0) is 19.3. The van der Waals surface area contributed by atoms with Crippen molar-refractivity contribution in [2.75, 3.05) is 0 Å². The van der Waals surface area contributed by atoms with Gasteiger partial charge < -0.3 is 4.52 Å². The molecule has 0 fully saturated rings. The number of aliphatic imine (C=N–C) groups is 1. The number of hydrogen-bond donors (Lipinski definition) is 0. The van der Waals surface area contributed by atoms with Crippen LogP contribution in [0.3, 0.4) is 0 Å². The minimum absolute atomic E-state index is 0.0670. The van der Waals surface area contributed by atoms with Crippen LogP contribution in [0.2, 0.25) is 5.02 Å². The van der Waals surface area contributed by atoms with Gasteiger partial charge in [-0.3, -0.25) is 9.79 Å². The molecule has 6 heteroatoms. The fourth-order valence-electron chi connectivity index (χ4n) is 3.50. The summed E-state index contributed by atoms with van der Waals surface area (Å²) in [5, 5.41) is 4.86. The van der Waals surface area contributed by atoms with E-state index in [1.165, 1.54) is 10.4 Å². The maximum atomic E-state index is 11.9. The summed E-state index contributed by atoms with van der Waals surface area (Å²) in [7, 11) is 0. The van der Waals surface area contributed by atoms with Crippen LogP contribution in [-0.2, 0) is 4.79 Å². The van der Waals surface area contributed by atoms with Crippen LogP contribution in [-0.4, -0.2) is 16.7 Å². The molecule has 0 N–H and O–H groups in total. The number of hydrogen-bond acceptors (Lipinski definition) is 5. The largest absolute Gasteiger partial charge is 0.358 e. The number of carbonyl (C=O) groups excluding carboxylic acids is 1. The van der Waals surface area contributed by atoms with Gasteiger partial charge in [0.05, 0.1) is 17.0 Å². The summed E-state index contributed by atoms with van der Waals surface area (Å²) in [6, 6.07) is 7.29. The molecule has 4 nitrogen and oxygen atoms in total. The molecule has 3 heterocycles. The average Bonchev–Trinajstić information content (AvgIpc) is 3.08. The molecule has 0 aliphatic carbocycles. The highest BCUT2D eigenvalue weighted by atomic mass is 35.5. The number of Topliss-reactive ketones (excluding diaryl/α,β-unsaturated/α-hetero) is 1. The summed E-state index contributed by atoms with van der Waals surface area (Å²) in [6.45, 7) is 7.75. The third kappa shape index (κ3) is 3.05. The molecule has 0 spiro atoms. The Bertz CT molecular complexity index is 1080. The molecule has 2 aromatic heterocycles. The molecule has 1 aliphatic rings. The maximum absolute atomic E-state index is 11.9. The van der Waals surface area contributed by atoms with Gasteiger partial charge >= 0.3 is 0 Å². The molecule has 3 aromatic rings. The van der Waals surface area contributed by atoms with Crippen molar-refractivity contribution in [3.63, 3.8) is 0 Å². The topological polar surface area (TPSA) is 55.5 Å². The Labute approximate surface area is 166 Å². The number of ketones is 1. The number of fused-ring (bicyclic) bond motifs is 3. The molecule has 1 aliphatic heterocycles. The van der Waals surface area contributed by atoms with E-state index in [1.54, 1.807) is 18.3 Å². The van der Waals surface area contributed by atoms with Crippen molar-refractivity contribution >= 4 is 34.4 Å². The Morgan fingerprint density at radius 1 is 1.19 bits per heavy atom. The summed E-state index contributed by atoms with van der Waals surface area (Å²) in [6.07, 6.45) is 0.283. The lowest BCUT2D eigenvalue weighted by Gasteiger charge is -2.11. The molecule has 0 bridgehead atoms. The fourth-order valence-corrected chi connectivity index (χ4v) is 4.88. The van der Waals surface area contributed by atoms with Crippen LogP contribution < -0.4 is 0 Å². The highest BCUT2D eigenvalue weighted by Crippen LogP contribution is 2.46. The SMILES string of the molecule is CC(=O)C[C@@H]1N=C(c2ccc(Cl)cc2)c2c(sc(C)c2C)-c2c(C)noc21. The van der Waals surface area contributed by atoms with E-state index in [0.29, 0.717) is 10.8 Å². The number of carbonyl (C=O) groups is 1. The van der Waals surface area contributed by atoms with Crippen LogP contribution in [0.4, 0.5) is 0 Å². The molecular weight excluding hydrogens is 380 g/mol. The Hall–Kier alpha value is -2.24. The molecule has 4 rings (SSSR count). The first kappa shape index (κ1) is 18.1. The van der Waals surface area contributed by atoms with E-state index < -0.39 is 0 Å². The van der Waals surface area contributed by atoms with Gasteiger partial charge in [-0.25, -0.2) is 0 Å². The van der Waals surface area contributed by atoms with Gasteiger partial charge in [0.15, 0.2) is 5.76 Å². The molecule has 27 heavy (non-hydrogen) atoms. The predicted octanol–water partition coefficient (Wildman–Crippen LogP) is 5.85. The molecule has 0 unspecified atom stereocenters. The van der Waals surface area contributed by atoms with Gasteiger partial charge in [-0.15, -0.1) is 11.3 Å². The monoisotopic (exact) mass is 398 g/mol. The summed E-state index contributed by atoms with van der Waals surface area (Å²) in [4.78, 5) is 19.3. The molecule has 0 amide bonds. The minimum Gasteiger partial charge on any atom is -0.358 e. The van der Waals surface area contributed by atoms with Crippen LogP contribution in [0.5, 0.6) is 0 Å². The number of thiophene rings is 1. The number of halogens is 1. The average molecular weight is 399 g/mol. The van der Waals surface area contributed by atoms with Crippen LogP contribution >= 0.6 is 22.9 Å². The Balaban J connectivity index is 2.04. The van der Waals surface area contributed by atoms with Crippen molar-refractivity contribution in [2.24, 2.45) is 4.99 Å². The van der Waals surface area contributed by atoms with E-state index in [4.69, 9.17) is 21.1 Å². The highest BCUT2D eigenvalue weighted by Gasteiger charge is 2.33. The summed E-state index contributed by atoms with van der Waals surface area (Å²) >= 11 is 7.81. The molecule has 0 saturated heterocycles. The number of nitrogens with zero attached hydrogens (tertiary/aromatic N) is 2. The van der Waals surface area contributed by atoms with E-state index in [-0.39, 0.29) is 18.2 Å². The van der Waals surface area contributed by atoms with Crippen molar-refractivity contribution in [2.45, 2.75) is 40.2 Å². The van der Waals surface area contributed by atoms with Gasteiger partial charge in [-0.2, -0.15) is 0 Å². The smallest absolute Gasteiger partial charge is 0.170 e. The third-order valence-corrected chi connectivity index (χ3v) is 6.40. The van der Waals surface area contributed by atoms with Crippen LogP contribution in [0.25, 0.3) is 10.4 Å². The maximum Gasteiger partial charge on any atom is 0.170 e. The van der Waals surface area contributed by atoms with Crippen LogP contribution in [0.1, 0.15) is 52.4 Å². The molecule has 0 radical (unpaired) electrons. The molecular formula is C21H19ClN2O2S. The second kappa shape index (κ2) is 6.73. The van der Waals surface area contributed by atoms with Crippen molar-refractivity contribution in [1.29, 1.82) is 0 Å². The summed E-state index contributed by atoms with van der Waals surface area (Å²) < 4.78 is 5.67.